The molecule has 0 unspecified atom stereocenters. The summed E-state index contributed by atoms with van der Waals surface area (Å²) in [7, 11) is 0. The Morgan fingerprint density at radius 3 is 2.08 bits per heavy atom. The predicted octanol–water partition coefficient (Wildman–Crippen LogP) is 4.69. The van der Waals surface area contributed by atoms with Crippen LogP contribution in [0.2, 0.25) is 0 Å². The first-order chi connectivity index (χ1) is 18.4. The number of benzene rings is 3. The van der Waals surface area contributed by atoms with Crippen LogP contribution in [0.5, 0.6) is 0 Å². The summed E-state index contributed by atoms with van der Waals surface area (Å²) < 4.78 is 30.2. The molecule has 0 aliphatic carbocycles. The second-order valence-corrected chi connectivity index (χ2v) is 8.43. The third kappa shape index (κ3) is 9.01. The summed E-state index contributed by atoms with van der Waals surface area (Å²) >= 11 is 0. The van der Waals surface area contributed by atoms with Gasteiger partial charge in [0.15, 0.2) is 0 Å². The van der Waals surface area contributed by atoms with Gasteiger partial charge in [0.05, 0.1) is 6.10 Å². The minimum atomic E-state index is -1.25. The van der Waals surface area contributed by atoms with Gasteiger partial charge in [0.25, 0.3) is 5.91 Å². The maximum absolute atomic E-state index is 14.2. The molecule has 0 heterocycles. The van der Waals surface area contributed by atoms with Crippen LogP contribution in [-0.4, -0.2) is 37.2 Å². The fourth-order valence-electron chi connectivity index (χ4n) is 3.55. The van der Waals surface area contributed by atoms with E-state index < -0.39 is 35.9 Å². The molecule has 3 rings (SSSR count). The molecule has 38 heavy (non-hydrogen) atoms. The minimum absolute atomic E-state index is 0.00506. The Morgan fingerprint density at radius 2 is 1.47 bits per heavy atom. The van der Waals surface area contributed by atoms with Crippen LogP contribution in [0, 0.1) is 5.82 Å². The number of hydrogen-bond donors (Lipinski definition) is 2. The smallest absolute Gasteiger partial charge is 0.408 e. The molecule has 0 radical (unpaired) electrons. The molecular formula is C29H31FN2O6. The molecule has 0 saturated heterocycles. The molecule has 0 aliphatic rings. The van der Waals surface area contributed by atoms with Crippen molar-refractivity contribution in [2.24, 2.45) is 0 Å². The van der Waals surface area contributed by atoms with E-state index in [1.807, 2.05) is 31.2 Å². The number of amides is 2. The van der Waals surface area contributed by atoms with Gasteiger partial charge in [0, 0.05) is 18.7 Å². The maximum Gasteiger partial charge on any atom is 0.408 e. The van der Waals surface area contributed by atoms with E-state index in [1.165, 1.54) is 12.1 Å². The number of carbonyl (C=O) groups is 3. The van der Waals surface area contributed by atoms with Gasteiger partial charge in [-0.05, 0) is 48.7 Å². The van der Waals surface area contributed by atoms with Crippen LogP contribution in [0.25, 0.3) is 0 Å². The number of alkyl carbamates (subject to hydrolysis) is 1. The van der Waals surface area contributed by atoms with Gasteiger partial charge in [-0.15, -0.1) is 0 Å². The Bertz CT molecular complexity index is 1210. The topological polar surface area (TPSA) is 103 Å². The molecule has 0 bridgehead atoms. The van der Waals surface area contributed by atoms with E-state index in [4.69, 9.17) is 14.2 Å². The van der Waals surface area contributed by atoms with Gasteiger partial charge < -0.3 is 24.8 Å². The average molecular weight is 523 g/mol. The van der Waals surface area contributed by atoms with Crippen molar-refractivity contribution in [3.8, 4) is 0 Å². The number of esters is 1. The van der Waals surface area contributed by atoms with Crippen molar-refractivity contribution < 1.29 is 33.0 Å². The lowest BCUT2D eigenvalue weighted by molar-refractivity contribution is -0.147. The fourth-order valence-corrected chi connectivity index (χ4v) is 3.55. The summed E-state index contributed by atoms with van der Waals surface area (Å²) in [5, 5.41) is 5.01. The normalized spacial score (nSPS) is 12.2. The zero-order valence-electron chi connectivity index (χ0n) is 21.3. The predicted molar refractivity (Wildman–Crippen MR) is 139 cm³/mol. The summed E-state index contributed by atoms with van der Waals surface area (Å²) in [5.41, 5.74) is 2.07. The van der Waals surface area contributed by atoms with Gasteiger partial charge in [0.2, 0.25) is 0 Å². The highest BCUT2D eigenvalue weighted by atomic mass is 19.1. The van der Waals surface area contributed by atoms with Gasteiger partial charge in [-0.3, -0.25) is 4.79 Å². The summed E-state index contributed by atoms with van der Waals surface area (Å²) in [5.74, 6) is -1.99. The molecule has 0 spiro atoms. The third-order valence-corrected chi connectivity index (χ3v) is 5.55. The van der Waals surface area contributed by atoms with E-state index in [2.05, 4.69) is 10.6 Å². The minimum Gasteiger partial charge on any atom is -0.459 e. The van der Waals surface area contributed by atoms with Crippen LogP contribution in [0.4, 0.5) is 9.18 Å². The molecule has 0 saturated carbocycles. The zero-order valence-corrected chi connectivity index (χ0v) is 21.3. The van der Waals surface area contributed by atoms with Crippen molar-refractivity contribution in [3.05, 3.63) is 107 Å². The molecule has 0 aliphatic heterocycles. The fraction of sp³-hybridized carbons (Fsp3) is 0.276. The summed E-state index contributed by atoms with van der Waals surface area (Å²) in [6, 6.07) is 20.7. The molecule has 9 heteroatoms. The van der Waals surface area contributed by atoms with Gasteiger partial charge in [-0.2, -0.15) is 0 Å². The van der Waals surface area contributed by atoms with Crippen LogP contribution in [-0.2, 0) is 32.2 Å². The van der Waals surface area contributed by atoms with Crippen molar-refractivity contribution in [2.45, 2.75) is 39.2 Å². The Labute approximate surface area is 221 Å². The number of nitrogens with one attached hydrogen (secondary N) is 2. The van der Waals surface area contributed by atoms with Crippen LogP contribution < -0.4 is 10.6 Å². The van der Waals surface area contributed by atoms with Crippen molar-refractivity contribution >= 4 is 18.0 Å². The largest absolute Gasteiger partial charge is 0.459 e. The molecule has 0 fully saturated rings. The standard InChI is InChI=1S/C29H31FN2O6/c1-3-36-20(2)23-14-24(16-25(30)15-23)27(33)31-17-26(28(34)37-18-21-10-6-4-7-11-21)32-29(35)38-19-22-12-8-5-9-13-22/h4-16,20,26H,3,17-19H2,1-2H3,(H,31,33)(H,32,35)/t20-,26+/m0/s1. The summed E-state index contributed by atoms with van der Waals surface area (Å²) in [6.07, 6.45) is -1.27. The summed E-state index contributed by atoms with van der Waals surface area (Å²) in [6.45, 7) is 3.67. The van der Waals surface area contributed by atoms with Crippen LogP contribution in [0.15, 0.2) is 78.9 Å². The second-order valence-electron chi connectivity index (χ2n) is 8.43. The highest BCUT2D eigenvalue weighted by Crippen LogP contribution is 2.20. The molecular weight excluding hydrogens is 491 g/mol. The molecule has 8 nitrogen and oxygen atoms in total. The summed E-state index contributed by atoms with van der Waals surface area (Å²) in [4.78, 5) is 38.1. The molecule has 3 aromatic rings. The van der Waals surface area contributed by atoms with E-state index >= 15 is 0 Å². The van der Waals surface area contributed by atoms with Crippen molar-refractivity contribution in [1.82, 2.24) is 10.6 Å². The van der Waals surface area contributed by atoms with Crippen LogP contribution in [0.1, 0.15) is 47.0 Å². The molecule has 2 N–H and O–H groups in total. The molecule has 200 valence electrons. The van der Waals surface area contributed by atoms with Gasteiger partial charge in [0.1, 0.15) is 25.1 Å². The van der Waals surface area contributed by atoms with Crippen molar-refractivity contribution in [1.29, 1.82) is 0 Å². The van der Waals surface area contributed by atoms with E-state index in [1.54, 1.807) is 43.3 Å². The van der Waals surface area contributed by atoms with Crippen LogP contribution in [0.3, 0.4) is 0 Å². The average Bonchev–Trinajstić information content (AvgIpc) is 2.93. The number of hydrogen-bond acceptors (Lipinski definition) is 6. The maximum atomic E-state index is 14.2. The SMILES string of the molecule is CCO[C@@H](C)c1cc(F)cc(C(=O)NC[C@@H](NC(=O)OCc2ccccc2)C(=O)OCc2ccccc2)c1. The Balaban J connectivity index is 1.66. The molecule has 2 amide bonds. The Kier molecular flexibility index (Phi) is 10.8. The van der Waals surface area contributed by atoms with Crippen molar-refractivity contribution in [2.75, 3.05) is 13.2 Å². The zero-order chi connectivity index (χ0) is 27.3. The molecule has 0 aromatic heterocycles. The van der Waals surface area contributed by atoms with Gasteiger partial charge in [-0.25, -0.2) is 14.0 Å². The van der Waals surface area contributed by atoms with Crippen molar-refractivity contribution in [3.63, 3.8) is 0 Å². The lowest BCUT2D eigenvalue weighted by atomic mass is 10.1. The highest BCUT2D eigenvalue weighted by molar-refractivity contribution is 5.95. The highest BCUT2D eigenvalue weighted by Gasteiger charge is 2.25. The lowest BCUT2D eigenvalue weighted by Crippen LogP contribution is -2.49. The molecule has 2 atom stereocenters. The van der Waals surface area contributed by atoms with E-state index in [-0.39, 0.29) is 25.3 Å². The van der Waals surface area contributed by atoms with Crippen LogP contribution >= 0.6 is 0 Å². The number of rotatable bonds is 12. The first-order valence-corrected chi connectivity index (χ1v) is 12.2. The number of halogens is 1. The van der Waals surface area contributed by atoms with E-state index in [0.29, 0.717) is 12.2 Å². The monoisotopic (exact) mass is 522 g/mol. The van der Waals surface area contributed by atoms with Gasteiger partial charge >= 0.3 is 12.1 Å². The first-order valence-electron chi connectivity index (χ1n) is 12.2. The quantitative estimate of drug-likeness (QED) is 0.335. The third-order valence-electron chi connectivity index (χ3n) is 5.55. The lowest BCUT2D eigenvalue weighted by Gasteiger charge is -2.19. The van der Waals surface area contributed by atoms with Gasteiger partial charge in [-0.1, -0.05) is 60.7 Å². The Morgan fingerprint density at radius 1 is 0.868 bits per heavy atom. The molecule has 3 aromatic carbocycles. The Hall–Kier alpha value is -4.24. The first kappa shape index (κ1) is 28.3. The second kappa shape index (κ2) is 14.5. The van der Waals surface area contributed by atoms with E-state index in [9.17, 15) is 18.8 Å². The van der Waals surface area contributed by atoms with E-state index in [0.717, 1.165) is 17.2 Å². The number of carbonyl (C=O) groups excluding carboxylic acids is 3. The number of ether oxygens (including phenoxy) is 3.